The average Bonchev–Trinajstić information content (AvgIpc) is 3.11. The van der Waals surface area contributed by atoms with Crippen LogP contribution in [0.15, 0.2) is 78.9 Å². The van der Waals surface area contributed by atoms with Crippen molar-refractivity contribution in [3.63, 3.8) is 0 Å². The normalized spacial score (nSPS) is 20.1. The van der Waals surface area contributed by atoms with E-state index in [1.165, 1.54) is 17.7 Å². The van der Waals surface area contributed by atoms with Gasteiger partial charge in [0.2, 0.25) is 0 Å². The van der Waals surface area contributed by atoms with Gasteiger partial charge in [-0.1, -0.05) is 54.6 Å². The van der Waals surface area contributed by atoms with Crippen LogP contribution in [0.1, 0.15) is 46.0 Å². The van der Waals surface area contributed by atoms with Gasteiger partial charge >= 0.3 is 5.97 Å². The molecule has 0 aliphatic carbocycles. The van der Waals surface area contributed by atoms with Gasteiger partial charge in [-0.05, 0) is 53.8 Å². The number of halogens is 1. The largest absolute Gasteiger partial charge is 0.364 e. The molecule has 0 radical (unpaired) electrons. The van der Waals surface area contributed by atoms with Gasteiger partial charge < -0.3 is 9.57 Å². The Hall–Kier alpha value is -3.02. The second-order valence-electron chi connectivity index (χ2n) is 7.80. The first kappa shape index (κ1) is 19.0. The summed E-state index contributed by atoms with van der Waals surface area (Å²) in [6.45, 7) is 1.17. The molecule has 30 heavy (non-hydrogen) atoms. The Morgan fingerprint density at radius 1 is 0.933 bits per heavy atom. The van der Waals surface area contributed by atoms with Crippen LogP contribution in [0.2, 0.25) is 0 Å². The Morgan fingerprint density at radius 3 is 2.33 bits per heavy atom. The highest BCUT2D eigenvalue weighted by Gasteiger charge is 2.47. The molecule has 0 N–H and O–H groups in total. The predicted molar refractivity (Wildman–Crippen MR) is 110 cm³/mol. The van der Waals surface area contributed by atoms with Crippen LogP contribution < -0.4 is 0 Å². The van der Waals surface area contributed by atoms with Crippen LogP contribution in [-0.4, -0.2) is 24.1 Å². The number of nitrogens with zero attached hydrogens (tertiary/aromatic N) is 1. The molecule has 5 rings (SSSR count). The second-order valence-corrected chi connectivity index (χ2v) is 7.80. The van der Waals surface area contributed by atoms with Gasteiger partial charge in [0.15, 0.2) is 0 Å². The smallest absolute Gasteiger partial charge is 0.357 e. The minimum Gasteiger partial charge on any atom is -0.364 e. The van der Waals surface area contributed by atoms with Crippen LogP contribution >= 0.6 is 0 Å². The molecule has 1 atom stereocenters. The number of fused-ring (bicyclic) bond motifs is 2. The summed E-state index contributed by atoms with van der Waals surface area (Å²) in [5.41, 5.74) is 3.35. The summed E-state index contributed by atoms with van der Waals surface area (Å²) in [6.07, 6.45) is 1.20. The van der Waals surface area contributed by atoms with Crippen LogP contribution in [0.25, 0.3) is 0 Å². The third-order valence-electron chi connectivity index (χ3n) is 6.00. The maximum atomic E-state index is 13.4. The molecule has 5 heteroatoms. The Bertz CT molecular complexity index is 1040. The monoisotopic (exact) mass is 403 g/mol. The maximum Gasteiger partial charge on any atom is 0.357 e. The second kappa shape index (κ2) is 7.67. The molecular formula is C25H22FNO3. The molecule has 4 nitrogen and oxygen atoms in total. The fraction of sp³-hybridized carbons (Fsp3) is 0.240. The SMILES string of the molecule is O=C(ON1CCC2(CC1)OC(c1ccc(F)cc1)c1ccccc12)c1ccccc1. The van der Waals surface area contributed by atoms with Crippen LogP contribution in [0.3, 0.4) is 0 Å². The molecule has 152 valence electrons. The number of piperidine rings is 1. The van der Waals surface area contributed by atoms with E-state index >= 15 is 0 Å². The number of rotatable bonds is 3. The van der Waals surface area contributed by atoms with E-state index in [4.69, 9.17) is 9.57 Å². The van der Waals surface area contributed by atoms with E-state index in [1.807, 2.05) is 30.3 Å². The number of carbonyl (C=O) groups excluding carboxylic acids is 1. The van der Waals surface area contributed by atoms with Crippen LogP contribution in [0.4, 0.5) is 4.39 Å². The summed E-state index contributed by atoms with van der Waals surface area (Å²) in [5, 5.41) is 1.72. The first-order chi connectivity index (χ1) is 14.6. The van der Waals surface area contributed by atoms with Crippen LogP contribution in [0, 0.1) is 5.82 Å². The highest BCUT2D eigenvalue weighted by molar-refractivity contribution is 5.89. The fourth-order valence-corrected chi connectivity index (χ4v) is 4.45. The molecule has 1 unspecified atom stereocenters. The van der Waals surface area contributed by atoms with Crippen molar-refractivity contribution >= 4 is 5.97 Å². The van der Waals surface area contributed by atoms with Crippen molar-refractivity contribution in [1.29, 1.82) is 0 Å². The highest BCUT2D eigenvalue weighted by atomic mass is 19.1. The van der Waals surface area contributed by atoms with Crippen molar-refractivity contribution in [2.24, 2.45) is 0 Å². The minimum atomic E-state index is -0.425. The van der Waals surface area contributed by atoms with E-state index in [2.05, 4.69) is 12.1 Å². The predicted octanol–water partition coefficient (Wildman–Crippen LogP) is 5.01. The quantitative estimate of drug-likeness (QED) is 0.616. The van der Waals surface area contributed by atoms with E-state index in [9.17, 15) is 9.18 Å². The first-order valence-electron chi connectivity index (χ1n) is 10.2. The lowest BCUT2D eigenvalue weighted by atomic mass is 9.83. The van der Waals surface area contributed by atoms with E-state index in [-0.39, 0.29) is 17.9 Å². The molecule has 2 aliphatic rings. The van der Waals surface area contributed by atoms with E-state index in [1.54, 1.807) is 29.3 Å². The Morgan fingerprint density at radius 2 is 1.60 bits per heavy atom. The third-order valence-corrected chi connectivity index (χ3v) is 6.00. The van der Waals surface area contributed by atoms with Crippen molar-refractivity contribution in [3.05, 3.63) is 107 Å². The van der Waals surface area contributed by atoms with Crippen molar-refractivity contribution < 1.29 is 18.8 Å². The zero-order valence-electron chi connectivity index (χ0n) is 16.5. The highest BCUT2D eigenvalue weighted by Crippen LogP contribution is 2.51. The Labute approximate surface area is 174 Å². The number of benzene rings is 3. The standard InChI is InChI=1S/C25H22FNO3/c26-20-12-10-18(11-13-20)23-21-8-4-5-9-22(21)25(29-23)14-16-27(17-15-25)30-24(28)19-6-2-1-3-7-19/h1-13,23H,14-17H2. The molecule has 1 saturated heterocycles. The molecule has 0 saturated carbocycles. The van der Waals surface area contributed by atoms with Gasteiger partial charge in [0.1, 0.15) is 11.9 Å². The molecule has 0 bridgehead atoms. The summed E-state index contributed by atoms with van der Waals surface area (Å²) in [5.74, 6) is -0.600. The lowest BCUT2D eigenvalue weighted by Gasteiger charge is -2.38. The van der Waals surface area contributed by atoms with E-state index < -0.39 is 5.60 Å². The number of hydroxylamine groups is 2. The van der Waals surface area contributed by atoms with Crippen LogP contribution in [-0.2, 0) is 15.2 Å². The number of hydrogen-bond donors (Lipinski definition) is 0. The van der Waals surface area contributed by atoms with Gasteiger partial charge in [0.25, 0.3) is 0 Å². The zero-order chi connectivity index (χ0) is 20.6. The molecular weight excluding hydrogens is 381 g/mol. The summed E-state index contributed by atoms with van der Waals surface area (Å²) < 4.78 is 20.0. The lowest BCUT2D eigenvalue weighted by Crippen LogP contribution is -2.43. The van der Waals surface area contributed by atoms with Crippen molar-refractivity contribution in [2.45, 2.75) is 24.5 Å². The number of ether oxygens (including phenoxy) is 1. The molecule has 3 aromatic rings. The summed E-state index contributed by atoms with van der Waals surface area (Å²) in [4.78, 5) is 18.0. The lowest BCUT2D eigenvalue weighted by molar-refractivity contribution is -0.172. The Balaban J connectivity index is 1.33. The topological polar surface area (TPSA) is 38.8 Å². The molecule has 1 fully saturated rings. The number of hydrogen-bond acceptors (Lipinski definition) is 4. The van der Waals surface area contributed by atoms with Gasteiger partial charge in [-0.25, -0.2) is 9.18 Å². The van der Waals surface area contributed by atoms with Gasteiger partial charge in [-0.3, -0.25) is 0 Å². The molecule has 0 aromatic heterocycles. The van der Waals surface area contributed by atoms with E-state index in [0.29, 0.717) is 31.5 Å². The molecule has 1 spiro atoms. The fourth-order valence-electron chi connectivity index (χ4n) is 4.45. The summed E-state index contributed by atoms with van der Waals surface area (Å²) in [7, 11) is 0. The van der Waals surface area contributed by atoms with Crippen molar-refractivity contribution in [2.75, 3.05) is 13.1 Å². The van der Waals surface area contributed by atoms with Gasteiger partial charge in [0.05, 0.1) is 11.2 Å². The van der Waals surface area contributed by atoms with Gasteiger partial charge in [0, 0.05) is 13.1 Å². The molecule has 0 amide bonds. The number of carbonyl (C=O) groups is 1. The minimum absolute atomic E-state index is 0.222. The third kappa shape index (κ3) is 3.40. The van der Waals surface area contributed by atoms with E-state index in [0.717, 1.165) is 11.1 Å². The molecule has 2 aliphatic heterocycles. The average molecular weight is 403 g/mol. The summed E-state index contributed by atoms with van der Waals surface area (Å²) >= 11 is 0. The zero-order valence-corrected chi connectivity index (χ0v) is 16.5. The first-order valence-corrected chi connectivity index (χ1v) is 10.2. The molecule has 2 heterocycles. The van der Waals surface area contributed by atoms with Crippen molar-refractivity contribution in [1.82, 2.24) is 5.06 Å². The Kier molecular flexibility index (Phi) is 4.85. The maximum absolute atomic E-state index is 13.4. The molecule has 3 aromatic carbocycles. The van der Waals surface area contributed by atoms with Crippen LogP contribution in [0.5, 0.6) is 0 Å². The van der Waals surface area contributed by atoms with Gasteiger partial charge in [-0.2, -0.15) is 0 Å². The summed E-state index contributed by atoms with van der Waals surface area (Å²) in [6, 6.07) is 23.7. The van der Waals surface area contributed by atoms with Crippen molar-refractivity contribution in [3.8, 4) is 0 Å². The van der Waals surface area contributed by atoms with Gasteiger partial charge in [-0.15, -0.1) is 5.06 Å².